The minimum absolute atomic E-state index is 0. The SMILES string of the molecule is CC1CNCCC12OCc1ccccc12.Cl. The Kier molecular flexibility index (Phi) is 3.24. The average molecular weight is 240 g/mol. The maximum atomic E-state index is 6.12. The van der Waals surface area contributed by atoms with Crippen LogP contribution in [0.25, 0.3) is 0 Å². The van der Waals surface area contributed by atoms with Crippen LogP contribution in [0.15, 0.2) is 24.3 Å². The van der Waals surface area contributed by atoms with Crippen LogP contribution in [-0.2, 0) is 16.9 Å². The van der Waals surface area contributed by atoms with Crippen molar-refractivity contribution < 1.29 is 4.74 Å². The third kappa shape index (κ3) is 1.56. The molecule has 1 N–H and O–H groups in total. The van der Waals surface area contributed by atoms with Crippen LogP contribution < -0.4 is 5.32 Å². The Morgan fingerprint density at radius 3 is 3.00 bits per heavy atom. The molecular formula is C13H18ClNO. The summed E-state index contributed by atoms with van der Waals surface area (Å²) in [6.45, 7) is 5.21. The van der Waals surface area contributed by atoms with E-state index in [0.29, 0.717) is 5.92 Å². The first-order valence-corrected chi connectivity index (χ1v) is 5.76. The van der Waals surface area contributed by atoms with Crippen LogP contribution in [0.1, 0.15) is 24.5 Å². The molecule has 1 aromatic carbocycles. The van der Waals surface area contributed by atoms with Crippen molar-refractivity contribution in [3.8, 4) is 0 Å². The van der Waals surface area contributed by atoms with Crippen molar-refractivity contribution in [1.29, 1.82) is 0 Å². The number of hydrogen-bond donors (Lipinski definition) is 1. The Balaban J connectivity index is 0.000000963. The smallest absolute Gasteiger partial charge is 0.0988 e. The minimum Gasteiger partial charge on any atom is -0.365 e. The summed E-state index contributed by atoms with van der Waals surface area (Å²) in [4.78, 5) is 0. The van der Waals surface area contributed by atoms with Crippen LogP contribution in [0.4, 0.5) is 0 Å². The quantitative estimate of drug-likeness (QED) is 0.751. The molecule has 3 rings (SSSR count). The summed E-state index contributed by atoms with van der Waals surface area (Å²) in [6, 6.07) is 8.67. The molecule has 0 aromatic heterocycles. The lowest BCUT2D eigenvalue weighted by molar-refractivity contribution is -0.0931. The number of nitrogens with one attached hydrogen (secondary N) is 1. The highest BCUT2D eigenvalue weighted by molar-refractivity contribution is 5.85. The molecule has 2 aliphatic heterocycles. The van der Waals surface area contributed by atoms with E-state index in [2.05, 4.69) is 36.5 Å². The van der Waals surface area contributed by atoms with Gasteiger partial charge >= 0.3 is 0 Å². The molecule has 1 saturated heterocycles. The van der Waals surface area contributed by atoms with E-state index in [1.54, 1.807) is 0 Å². The molecule has 2 heterocycles. The summed E-state index contributed by atoms with van der Waals surface area (Å²) in [5.41, 5.74) is 2.81. The van der Waals surface area contributed by atoms with Crippen LogP contribution in [-0.4, -0.2) is 13.1 Å². The van der Waals surface area contributed by atoms with Crippen LogP contribution in [0, 0.1) is 5.92 Å². The highest BCUT2D eigenvalue weighted by Crippen LogP contribution is 2.45. The van der Waals surface area contributed by atoms with Crippen molar-refractivity contribution >= 4 is 12.4 Å². The minimum atomic E-state index is 0. The van der Waals surface area contributed by atoms with Crippen molar-refractivity contribution in [2.45, 2.75) is 25.6 Å². The molecule has 2 atom stereocenters. The van der Waals surface area contributed by atoms with E-state index < -0.39 is 0 Å². The monoisotopic (exact) mass is 239 g/mol. The van der Waals surface area contributed by atoms with Crippen molar-refractivity contribution in [1.82, 2.24) is 5.32 Å². The highest BCUT2D eigenvalue weighted by atomic mass is 35.5. The second kappa shape index (κ2) is 4.36. The predicted molar refractivity (Wildman–Crippen MR) is 66.8 cm³/mol. The van der Waals surface area contributed by atoms with Crippen LogP contribution in [0.2, 0.25) is 0 Å². The van der Waals surface area contributed by atoms with E-state index in [4.69, 9.17) is 4.74 Å². The fourth-order valence-corrected chi connectivity index (χ4v) is 2.96. The fourth-order valence-electron chi connectivity index (χ4n) is 2.96. The van der Waals surface area contributed by atoms with Gasteiger partial charge in [0.2, 0.25) is 0 Å². The lowest BCUT2D eigenvalue weighted by Gasteiger charge is -2.39. The third-order valence-corrected chi connectivity index (χ3v) is 3.88. The first-order chi connectivity index (χ1) is 7.33. The fraction of sp³-hybridized carbons (Fsp3) is 0.538. The van der Waals surface area contributed by atoms with E-state index in [1.807, 2.05) is 0 Å². The molecule has 2 nitrogen and oxygen atoms in total. The summed E-state index contributed by atoms with van der Waals surface area (Å²) in [6.07, 6.45) is 1.10. The topological polar surface area (TPSA) is 21.3 Å². The van der Waals surface area contributed by atoms with Crippen LogP contribution >= 0.6 is 12.4 Å². The van der Waals surface area contributed by atoms with Gasteiger partial charge in [-0.25, -0.2) is 0 Å². The molecule has 1 spiro atoms. The normalized spacial score (nSPS) is 32.2. The second-order valence-corrected chi connectivity index (χ2v) is 4.69. The Hall–Kier alpha value is -0.570. The van der Waals surface area contributed by atoms with E-state index in [0.717, 1.165) is 26.1 Å². The first kappa shape index (κ1) is 11.9. The highest BCUT2D eigenvalue weighted by Gasteiger charge is 2.45. The molecule has 0 saturated carbocycles. The molecule has 88 valence electrons. The van der Waals surface area contributed by atoms with Crippen LogP contribution in [0.3, 0.4) is 0 Å². The third-order valence-electron chi connectivity index (χ3n) is 3.88. The molecule has 2 unspecified atom stereocenters. The number of hydrogen-bond acceptors (Lipinski definition) is 2. The van der Waals surface area contributed by atoms with Crippen molar-refractivity contribution in [2.24, 2.45) is 5.92 Å². The Morgan fingerprint density at radius 1 is 1.38 bits per heavy atom. The van der Waals surface area contributed by atoms with Gasteiger partial charge in [-0.05, 0) is 24.1 Å². The molecule has 1 fully saturated rings. The van der Waals surface area contributed by atoms with E-state index in [9.17, 15) is 0 Å². The van der Waals surface area contributed by atoms with Crippen molar-refractivity contribution in [3.63, 3.8) is 0 Å². The van der Waals surface area contributed by atoms with Gasteiger partial charge in [-0.3, -0.25) is 0 Å². The number of fused-ring (bicyclic) bond motifs is 2. The molecule has 3 heteroatoms. The van der Waals surface area contributed by atoms with Crippen molar-refractivity contribution in [3.05, 3.63) is 35.4 Å². The molecule has 0 amide bonds. The maximum Gasteiger partial charge on any atom is 0.0988 e. The molecule has 0 aliphatic carbocycles. The van der Waals surface area contributed by atoms with Gasteiger partial charge in [0.15, 0.2) is 0 Å². The molecule has 2 aliphatic rings. The number of halogens is 1. The lowest BCUT2D eigenvalue weighted by Crippen LogP contribution is -2.46. The van der Waals surface area contributed by atoms with Gasteiger partial charge in [-0.2, -0.15) is 0 Å². The number of rotatable bonds is 0. The van der Waals surface area contributed by atoms with Gasteiger partial charge in [0.1, 0.15) is 0 Å². The summed E-state index contributed by atoms with van der Waals surface area (Å²) >= 11 is 0. The summed E-state index contributed by atoms with van der Waals surface area (Å²) in [5, 5.41) is 3.44. The zero-order chi connectivity index (χ0) is 10.3. The Bertz CT molecular complexity index is 378. The second-order valence-electron chi connectivity index (χ2n) is 4.69. The first-order valence-electron chi connectivity index (χ1n) is 5.76. The van der Waals surface area contributed by atoms with Gasteiger partial charge in [0, 0.05) is 12.5 Å². The molecule has 0 radical (unpaired) electrons. The zero-order valence-electron chi connectivity index (χ0n) is 9.53. The number of piperidine rings is 1. The largest absolute Gasteiger partial charge is 0.365 e. The summed E-state index contributed by atoms with van der Waals surface area (Å²) in [7, 11) is 0. The molecule has 1 aromatic rings. The van der Waals surface area contributed by atoms with Crippen molar-refractivity contribution in [2.75, 3.05) is 13.1 Å². The molecule has 16 heavy (non-hydrogen) atoms. The number of ether oxygens (including phenoxy) is 1. The Morgan fingerprint density at radius 2 is 2.19 bits per heavy atom. The molecule has 0 bridgehead atoms. The maximum absolute atomic E-state index is 6.12. The van der Waals surface area contributed by atoms with Crippen LogP contribution in [0.5, 0.6) is 0 Å². The summed E-state index contributed by atoms with van der Waals surface area (Å²) in [5.74, 6) is 0.565. The molecular weight excluding hydrogens is 222 g/mol. The van der Waals surface area contributed by atoms with E-state index in [1.165, 1.54) is 11.1 Å². The van der Waals surface area contributed by atoms with Gasteiger partial charge in [0.25, 0.3) is 0 Å². The van der Waals surface area contributed by atoms with Gasteiger partial charge in [-0.1, -0.05) is 31.2 Å². The number of benzene rings is 1. The Labute approximate surface area is 103 Å². The van der Waals surface area contributed by atoms with Gasteiger partial charge < -0.3 is 10.1 Å². The lowest BCUT2D eigenvalue weighted by atomic mass is 9.77. The van der Waals surface area contributed by atoms with Gasteiger partial charge in [0.05, 0.1) is 12.2 Å². The zero-order valence-corrected chi connectivity index (χ0v) is 10.3. The summed E-state index contributed by atoms with van der Waals surface area (Å²) < 4.78 is 6.12. The van der Waals surface area contributed by atoms with E-state index in [-0.39, 0.29) is 18.0 Å². The average Bonchev–Trinajstić information content (AvgIpc) is 2.64. The standard InChI is InChI=1S/C13H17NO.ClH/c1-10-8-14-7-6-13(10)12-5-3-2-4-11(12)9-15-13;/h2-5,10,14H,6-9H2,1H3;1H. The predicted octanol–water partition coefficient (Wildman–Crippen LogP) is 2.46. The van der Waals surface area contributed by atoms with Gasteiger partial charge in [-0.15, -0.1) is 12.4 Å². The van der Waals surface area contributed by atoms with E-state index >= 15 is 0 Å².